The van der Waals surface area contributed by atoms with Gasteiger partial charge in [0.2, 0.25) is 5.91 Å². The summed E-state index contributed by atoms with van der Waals surface area (Å²) in [5.74, 6) is -3.93. The number of rotatable bonds is 18. The van der Waals surface area contributed by atoms with E-state index in [2.05, 4.69) is 15.6 Å². The van der Waals surface area contributed by atoms with Crippen LogP contribution >= 0.6 is 0 Å². The Hall–Kier alpha value is -5.47. The number of carboxylic acids is 1. The third-order valence-corrected chi connectivity index (χ3v) is 14.1. The van der Waals surface area contributed by atoms with E-state index in [-0.39, 0.29) is 49.6 Å². The molecular weight excluding hydrogens is 933 g/mol. The van der Waals surface area contributed by atoms with Gasteiger partial charge >= 0.3 is 11.9 Å². The molecule has 7 N–H and O–H groups in total. The second-order valence-electron chi connectivity index (χ2n) is 19.1. The van der Waals surface area contributed by atoms with Crippen molar-refractivity contribution in [2.24, 2.45) is 17.8 Å². The number of hydrogen-bond acceptors (Lipinski definition) is 18. The van der Waals surface area contributed by atoms with Gasteiger partial charge in [-0.25, -0.2) is 14.3 Å². The largest absolute Gasteiger partial charge is 0.479 e. The molecule has 0 radical (unpaired) electrons. The van der Waals surface area contributed by atoms with Gasteiger partial charge in [-0.3, -0.25) is 14.9 Å². The van der Waals surface area contributed by atoms with Gasteiger partial charge in [0.05, 0.1) is 53.7 Å². The summed E-state index contributed by atoms with van der Waals surface area (Å²) in [4.78, 5) is 51.6. The third kappa shape index (κ3) is 12.1. The van der Waals surface area contributed by atoms with E-state index in [4.69, 9.17) is 28.4 Å². The molecule has 1 amide bonds. The van der Waals surface area contributed by atoms with Crippen LogP contribution in [0, 0.1) is 27.9 Å². The first-order valence-corrected chi connectivity index (χ1v) is 24.1. The fourth-order valence-corrected chi connectivity index (χ4v) is 10.2. The van der Waals surface area contributed by atoms with Gasteiger partial charge in [0.15, 0.2) is 24.8 Å². The zero-order valence-electron chi connectivity index (χ0n) is 39.3. The number of non-ortho nitro benzene ring substituents is 1. The molecule has 4 fully saturated rings. The number of amides is 1. The number of nitrogens with one attached hydrogen (secondary N) is 1. The Morgan fingerprint density at radius 2 is 1.66 bits per heavy atom. The molecule has 71 heavy (non-hydrogen) atoms. The Bertz CT molecular complexity index is 2450. The first-order chi connectivity index (χ1) is 34.1. The number of aliphatic hydroxyl groups excluding tert-OH is 5. The van der Waals surface area contributed by atoms with E-state index < -0.39 is 121 Å². The highest BCUT2D eigenvalue weighted by Gasteiger charge is 2.54. The highest BCUT2D eigenvalue weighted by molar-refractivity contribution is 5.89. The van der Waals surface area contributed by atoms with E-state index in [0.717, 1.165) is 37.6 Å². The Labute approximate surface area is 407 Å². The van der Waals surface area contributed by atoms with E-state index in [0.29, 0.717) is 11.1 Å². The molecule has 4 aliphatic rings. The van der Waals surface area contributed by atoms with Crippen molar-refractivity contribution in [3.05, 3.63) is 88.4 Å². The zero-order valence-corrected chi connectivity index (χ0v) is 39.3. The van der Waals surface area contributed by atoms with Crippen LogP contribution in [0.5, 0.6) is 0 Å². The number of ether oxygens (including phenoxy) is 6. The van der Waals surface area contributed by atoms with Gasteiger partial charge in [-0.1, -0.05) is 62.4 Å². The molecule has 23 nitrogen and oxygen atoms in total. The van der Waals surface area contributed by atoms with E-state index in [1.165, 1.54) is 31.2 Å². The number of aromatic nitrogens is 4. The normalized spacial score (nSPS) is 32.0. The first kappa shape index (κ1) is 51.9. The van der Waals surface area contributed by atoms with Crippen LogP contribution in [0.1, 0.15) is 81.3 Å². The van der Waals surface area contributed by atoms with Crippen molar-refractivity contribution in [3.8, 4) is 0 Å². The molecule has 2 aliphatic carbocycles. The molecule has 8 rings (SSSR count). The minimum Gasteiger partial charge on any atom is -0.479 e. The van der Waals surface area contributed by atoms with Crippen LogP contribution in [0.4, 0.5) is 5.69 Å². The molecule has 2 aliphatic heterocycles. The van der Waals surface area contributed by atoms with E-state index in [1.54, 1.807) is 54.3 Å². The summed E-state index contributed by atoms with van der Waals surface area (Å²) in [6.07, 6.45) is -11.0. The van der Waals surface area contributed by atoms with Gasteiger partial charge in [0.1, 0.15) is 49.0 Å². The van der Waals surface area contributed by atoms with Gasteiger partial charge < -0.3 is 68.9 Å². The average molecular weight is 995 g/mol. The lowest BCUT2D eigenvalue weighted by molar-refractivity contribution is -0.384. The third-order valence-electron chi connectivity index (χ3n) is 14.1. The Morgan fingerprint density at radius 1 is 0.901 bits per heavy atom. The number of nitrogens with zero attached hydrogens (tertiary/aromatic N) is 5. The van der Waals surface area contributed by atoms with Crippen LogP contribution in [0.15, 0.2) is 67.0 Å². The SMILES string of the molecule is CC1CC(C(=O)NCc2cn(Cn3ccc4cc([N+](=O)[O-])ccc43)nn2)C[C@@H](OC2OC(CO)C(O)C(O[C@@H](CC3CCCCC3)C(=O)O)C2OC(=O)c2ccccc2)C1OC1OC(C)[C@@H](O)C(O)C1O. The van der Waals surface area contributed by atoms with Crippen molar-refractivity contribution in [1.29, 1.82) is 0 Å². The van der Waals surface area contributed by atoms with Crippen molar-refractivity contribution < 1.29 is 78.4 Å². The number of esters is 1. The van der Waals surface area contributed by atoms with Crippen molar-refractivity contribution in [3.63, 3.8) is 0 Å². The van der Waals surface area contributed by atoms with E-state index >= 15 is 0 Å². The Balaban J connectivity index is 1.04. The molecule has 2 aromatic heterocycles. The summed E-state index contributed by atoms with van der Waals surface area (Å²) < 4.78 is 40.7. The van der Waals surface area contributed by atoms with Crippen molar-refractivity contribution in [2.45, 2.75) is 158 Å². The summed E-state index contributed by atoms with van der Waals surface area (Å²) in [6, 6.07) is 14.2. The topological polar surface area (TPSA) is 319 Å². The fraction of sp³-hybridized carbons (Fsp3) is 0.604. The van der Waals surface area contributed by atoms with Crippen molar-refractivity contribution in [1.82, 2.24) is 24.9 Å². The number of nitro groups is 1. The van der Waals surface area contributed by atoms with Crippen LogP contribution in [0.25, 0.3) is 10.9 Å². The Morgan fingerprint density at radius 3 is 2.38 bits per heavy atom. The maximum Gasteiger partial charge on any atom is 0.338 e. The van der Waals surface area contributed by atoms with Crippen LogP contribution in [-0.4, -0.2) is 159 Å². The maximum absolute atomic E-state index is 14.1. The summed E-state index contributed by atoms with van der Waals surface area (Å²) in [5, 5.41) is 88.1. The quantitative estimate of drug-likeness (QED) is 0.0426. The molecular formula is C48H62N6O17. The van der Waals surface area contributed by atoms with Crippen molar-refractivity contribution >= 4 is 34.4 Å². The minimum absolute atomic E-state index is 0.0181. The molecule has 15 atom stereocenters. The Kier molecular flexibility index (Phi) is 16.8. The monoisotopic (exact) mass is 994 g/mol. The van der Waals surface area contributed by atoms with Crippen molar-refractivity contribution in [2.75, 3.05) is 6.61 Å². The highest BCUT2D eigenvalue weighted by Crippen LogP contribution is 2.39. The van der Waals surface area contributed by atoms with Crippen LogP contribution in [-0.2, 0) is 51.2 Å². The lowest BCUT2D eigenvalue weighted by atomic mass is 9.77. The molecule has 4 heterocycles. The molecule has 2 aromatic carbocycles. The predicted molar refractivity (Wildman–Crippen MR) is 245 cm³/mol. The highest BCUT2D eigenvalue weighted by atomic mass is 16.7. The van der Waals surface area contributed by atoms with Crippen LogP contribution in [0.3, 0.4) is 0 Å². The first-order valence-electron chi connectivity index (χ1n) is 24.1. The summed E-state index contributed by atoms with van der Waals surface area (Å²) in [5.41, 5.74) is 1.23. The molecule has 23 heteroatoms. The lowest BCUT2D eigenvalue weighted by Gasteiger charge is -2.48. The van der Waals surface area contributed by atoms with Crippen LogP contribution < -0.4 is 5.32 Å². The van der Waals surface area contributed by atoms with Gasteiger partial charge in [0.25, 0.3) is 5.69 Å². The summed E-state index contributed by atoms with van der Waals surface area (Å²) >= 11 is 0. The molecule has 386 valence electrons. The second kappa shape index (κ2) is 22.9. The van der Waals surface area contributed by atoms with Gasteiger partial charge in [0, 0.05) is 29.6 Å². The molecule has 0 spiro atoms. The number of nitro benzene ring substituents is 1. The van der Waals surface area contributed by atoms with E-state index in [1.807, 2.05) is 4.57 Å². The summed E-state index contributed by atoms with van der Waals surface area (Å²) in [6.45, 7) is 2.66. The minimum atomic E-state index is -1.72. The standard InChI is InChI=1S/C48H62N6O17/c1-25-17-30(44(60)49-21-31-22-53(51-50-31)24-52-16-15-29-19-32(54(64)65)13-14-33(29)52)20-34(41(25)71-47-40(59)39(58)37(56)26(2)66-47)68-48-43(70-46(63)28-11-7-4-8-12-28)42(38(57)36(23-55)69-48)67-35(45(61)62)18-27-9-5-3-6-10-27/h4,7-8,11-16,19,22,25-27,30,34-43,47-48,55-59H,3,5-6,9-10,17-18,20-21,23-24H2,1-2H3,(H,49,60)(H,61,62)/t25?,26?,30?,34-,35+,36?,37-,38?,39?,40?,41?,42?,43?,47?,48?/m1/s1. The predicted octanol–water partition coefficient (Wildman–Crippen LogP) is 2.02. The summed E-state index contributed by atoms with van der Waals surface area (Å²) in [7, 11) is 0. The fourth-order valence-electron chi connectivity index (χ4n) is 10.2. The number of carbonyl (C=O) groups excluding carboxylic acids is 2. The van der Waals surface area contributed by atoms with Gasteiger partial charge in [-0.2, -0.15) is 0 Å². The number of benzene rings is 2. The molecule has 4 aromatic rings. The smallest absolute Gasteiger partial charge is 0.338 e. The maximum atomic E-state index is 14.1. The number of fused-ring (bicyclic) bond motifs is 1. The van der Waals surface area contributed by atoms with Crippen LogP contribution in [0.2, 0.25) is 0 Å². The molecule has 2 saturated heterocycles. The number of carboxylic acid groups (broad SMARTS) is 1. The number of hydrogen-bond donors (Lipinski definition) is 7. The van der Waals surface area contributed by atoms with Gasteiger partial charge in [-0.05, 0) is 62.3 Å². The molecule has 0 bridgehead atoms. The number of aliphatic hydroxyl groups is 5. The zero-order chi connectivity index (χ0) is 50.5. The molecule has 12 unspecified atom stereocenters. The lowest BCUT2D eigenvalue weighted by Crippen LogP contribution is -2.64. The van der Waals surface area contributed by atoms with E-state index in [9.17, 15) is 55.1 Å². The second-order valence-corrected chi connectivity index (χ2v) is 19.1. The average Bonchev–Trinajstić information content (AvgIpc) is 4.00. The number of aliphatic carboxylic acids is 1. The van der Waals surface area contributed by atoms with Gasteiger partial charge in [-0.15, -0.1) is 5.10 Å². The molecule has 2 saturated carbocycles. The number of carbonyl (C=O) groups is 3.